The van der Waals surface area contributed by atoms with Gasteiger partial charge < -0.3 is 5.73 Å². The Hall–Kier alpha value is -0.820. The third-order valence-corrected chi connectivity index (χ3v) is 4.85. The van der Waals surface area contributed by atoms with Crippen molar-refractivity contribution in [2.45, 2.75) is 116 Å². The molecule has 0 aliphatic rings. The van der Waals surface area contributed by atoms with Gasteiger partial charge in [0, 0.05) is 6.54 Å². The summed E-state index contributed by atoms with van der Waals surface area (Å²) in [6.45, 7) is 6.76. The molecule has 2 radical (unpaired) electrons. The lowest BCUT2D eigenvalue weighted by molar-refractivity contribution is 0.533. The Morgan fingerprint density at radius 2 is 1.19 bits per heavy atom. The molecule has 0 unspecified atom stereocenters. The zero-order valence-corrected chi connectivity index (χ0v) is 17.6. The Bertz CT molecular complexity index is 330. The maximum Gasteiger partial charge on any atom is 0.0184 e. The first-order valence-corrected chi connectivity index (χ1v) is 11.3. The van der Waals surface area contributed by atoms with Crippen molar-refractivity contribution >= 4 is 0 Å². The smallest absolute Gasteiger partial charge is 0.0184 e. The summed E-state index contributed by atoms with van der Waals surface area (Å²) in [5.74, 6) is 0. The molecule has 0 heterocycles. The summed E-state index contributed by atoms with van der Waals surface area (Å²) < 4.78 is 0. The van der Waals surface area contributed by atoms with Crippen LogP contribution in [0.4, 0.5) is 0 Å². The summed E-state index contributed by atoms with van der Waals surface area (Å²) in [6, 6.07) is 10.7. The average Bonchev–Trinajstić information content (AvgIpc) is 2.69. The predicted molar refractivity (Wildman–Crippen MR) is 118 cm³/mol. The van der Waals surface area contributed by atoms with Gasteiger partial charge in [0.1, 0.15) is 0 Å². The summed E-state index contributed by atoms with van der Waals surface area (Å²) in [6.07, 6.45) is 22.8. The van der Waals surface area contributed by atoms with E-state index in [9.17, 15) is 0 Å². The first kappa shape index (κ1) is 25.2. The number of unbranched alkanes of at least 4 members (excludes halogenated alkanes) is 15. The van der Waals surface area contributed by atoms with Crippen LogP contribution >= 0.6 is 0 Å². The lowest BCUT2D eigenvalue weighted by atomic mass is 10.0. The lowest BCUT2D eigenvalue weighted by Gasteiger charge is -2.03. The number of nitrogens with two attached hydrogens (primary N) is 1. The van der Waals surface area contributed by atoms with Crippen LogP contribution < -0.4 is 5.73 Å². The maximum absolute atomic E-state index is 5.32. The van der Waals surface area contributed by atoms with Crippen LogP contribution in [0.25, 0.3) is 0 Å². The molecule has 1 aromatic rings. The second-order valence-electron chi connectivity index (χ2n) is 7.40. The maximum atomic E-state index is 5.32. The molecule has 0 atom stereocenters. The monoisotopic (exact) mass is 359 g/mol. The summed E-state index contributed by atoms with van der Waals surface area (Å²) >= 11 is 0. The highest BCUT2D eigenvalue weighted by molar-refractivity contribution is 5.11. The molecule has 1 nitrogen and oxygen atoms in total. The molecule has 0 spiro atoms. The van der Waals surface area contributed by atoms with Gasteiger partial charge in [0.2, 0.25) is 0 Å². The van der Waals surface area contributed by atoms with E-state index >= 15 is 0 Å². The van der Waals surface area contributed by atoms with Crippen molar-refractivity contribution in [3.8, 4) is 0 Å². The van der Waals surface area contributed by atoms with Crippen LogP contribution in [0.15, 0.2) is 24.3 Å². The van der Waals surface area contributed by atoms with Gasteiger partial charge >= 0.3 is 0 Å². The Morgan fingerprint density at radius 1 is 0.731 bits per heavy atom. The van der Waals surface area contributed by atoms with Crippen LogP contribution in [0.3, 0.4) is 0 Å². The number of benzene rings is 1. The van der Waals surface area contributed by atoms with Gasteiger partial charge in [0.15, 0.2) is 0 Å². The molecule has 26 heavy (non-hydrogen) atoms. The second kappa shape index (κ2) is 22.2. The normalized spacial score (nSPS) is 10.4. The van der Waals surface area contributed by atoms with Crippen LogP contribution in [0, 0.1) is 13.0 Å². The SMILES string of the molecule is NCc1[c]cccc1.[CH2]CCCCCCCCCCCCCCCCC. The van der Waals surface area contributed by atoms with Crippen LogP contribution in [0.1, 0.15) is 115 Å². The first-order chi connectivity index (χ1) is 12.8. The average molecular weight is 360 g/mol. The van der Waals surface area contributed by atoms with Gasteiger partial charge in [0.25, 0.3) is 0 Å². The third kappa shape index (κ3) is 19.5. The molecule has 0 saturated heterocycles. The minimum Gasteiger partial charge on any atom is -0.326 e. The molecular formula is C25H45N. The van der Waals surface area contributed by atoms with Crippen LogP contribution in [-0.2, 0) is 6.54 Å². The molecule has 0 aliphatic heterocycles. The van der Waals surface area contributed by atoms with Gasteiger partial charge in [-0.15, -0.1) is 0 Å². The first-order valence-electron chi connectivity index (χ1n) is 11.3. The fraction of sp³-hybridized carbons (Fsp3) is 0.720. The standard InChI is InChI=1S/C18H37.C7H8N/c1-3-5-7-9-11-13-15-17-18-16-14-12-10-8-6-4-2;8-6-7-4-2-1-3-5-7/h1,3-18H2,2H3;1-4H,6,8H2. The molecular weight excluding hydrogens is 314 g/mol. The van der Waals surface area contributed by atoms with E-state index in [0.717, 1.165) is 12.0 Å². The summed E-state index contributed by atoms with van der Waals surface area (Å²) in [5, 5.41) is 0. The van der Waals surface area contributed by atoms with Crippen molar-refractivity contribution in [3.63, 3.8) is 0 Å². The zero-order valence-electron chi connectivity index (χ0n) is 17.6. The van der Waals surface area contributed by atoms with Gasteiger partial charge in [-0.1, -0.05) is 141 Å². The number of hydrogen-bond acceptors (Lipinski definition) is 1. The molecule has 0 aromatic heterocycles. The fourth-order valence-corrected chi connectivity index (χ4v) is 3.11. The highest BCUT2D eigenvalue weighted by atomic mass is 14.5. The van der Waals surface area contributed by atoms with Gasteiger partial charge in [-0.2, -0.15) is 0 Å². The van der Waals surface area contributed by atoms with Crippen molar-refractivity contribution in [1.29, 1.82) is 0 Å². The minimum atomic E-state index is 0.584. The van der Waals surface area contributed by atoms with E-state index in [-0.39, 0.29) is 0 Å². The van der Waals surface area contributed by atoms with E-state index in [1.165, 1.54) is 96.3 Å². The molecule has 150 valence electrons. The quantitative estimate of drug-likeness (QED) is 0.297. The Morgan fingerprint density at radius 3 is 1.50 bits per heavy atom. The second-order valence-corrected chi connectivity index (χ2v) is 7.40. The lowest BCUT2D eigenvalue weighted by Crippen LogP contribution is -1.94. The van der Waals surface area contributed by atoms with Crippen molar-refractivity contribution in [1.82, 2.24) is 0 Å². The van der Waals surface area contributed by atoms with E-state index in [1.54, 1.807) is 0 Å². The molecule has 1 aromatic carbocycles. The van der Waals surface area contributed by atoms with Crippen molar-refractivity contribution in [3.05, 3.63) is 42.8 Å². The summed E-state index contributed by atoms with van der Waals surface area (Å²) in [5.41, 5.74) is 6.38. The summed E-state index contributed by atoms with van der Waals surface area (Å²) in [7, 11) is 0. The molecule has 1 heteroatoms. The fourth-order valence-electron chi connectivity index (χ4n) is 3.11. The molecule has 0 fully saturated rings. The third-order valence-electron chi connectivity index (χ3n) is 4.85. The zero-order chi connectivity index (χ0) is 19.1. The Balaban J connectivity index is 0.000000642. The van der Waals surface area contributed by atoms with Crippen LogP contribution in [-0.4, -0.2) is 0 Å². The Labute approximate surface area is 165 Å². The minimum absolute atomic E-state index is 0.584. The van der Waals surface area contributed by atoms with Gasteiger partial charge in [-0.3, -0.25) is 0 Å². The molecule has 2 N–H and O–H groups in total. The van der Waals surface area contributed by atoms with E-state index in [2.05, 4.69) is 19.9 Å². The van der Waals surface area contributed by atoms with E-state index in [0.29, 0.717) is 6.54 Å². The van der Waals surface area contributed by atoms with Gasteiger partial charge in [0.05, 0.1) is 0 Å². The number of rotatable bonds is 16. The van der Waals surface area contributed by atoms with E-state index < -0.39 is 0 Å². The topological polar surface area (TPSA) is 26.0 Å². The van der Waals surface area contributed by atoms with Crippen LogP contribution in [0.5, 0.6) is 0 Å². The largest absolute Gasteiger partial charge is 0.326 e. The van der Waals surface area contributed by atoms with E-state index in [4.69, 9.17) is 5.73 Å². The van der Waals surface area contributed by atoms with Crippen molar-refractivity contribution < 1.29 is 0 Å². The van der Waals surface area contributed by atoms with Crippen molar-refractivity contribution in [2.75, 3.05) is 0 Å². The molecule has 0 saturated carbocycles. The highest BCUT2D eigenvalue weighted by Crippen LogP contribution is 2.13. The molecule has 0 bridgehead atoms. The van der Waals surface area contributed by atoms with Gasteiger partial charge in [-0.25, -0.2) is 0 Å². The number of hydrogen-bond donors (Lipinski definition) is 1. The molecule has 0 aliphatic carbocycles. The van der Waals surface area contributed by atoms with E-state index in [1.807, 2.05) is 24.3 Å². The Kier molecular flexibility index (Phi) is 21.5. The summed E-state index contributed by atoms with van der Waals surface area (Å²) in [4.78, 5) is 0. The van der Waals surface area contributed by atoms with Crippen LogP contribution in [0.2, 0.25) is 0 Å². The predicted octanol–water partition coefficient (Wildman–Crippen LogP) is 8.03. The molecule has 1 rings (SSSR count). The highest BCUT2D eigenvalue weighted by Gasteiger charge is 1.93. The molecule has 0 amide bonds. The van der Waals surface area contributed by atoms with Gasteiger partial charge in [-0.05, 0) is 11.6 Å². The van der Waals surface area contributed by atoms with Crippen molar-refractivity contribution in [2.24, 2.45) is 5.73 Å².